The molecule has 1 aliphatic rings. The van der Waals surface area contributed by atoms with Gasteiger partial charge in [-0.25, -0.2) is 32.8 Å². The van der Waals surface area contributed by atoms with E-state index in [9.17, 15) is 18.0 Å². The maximum Gasteiger partial charge on any atom is 0.247 e. The summed E-state index contributed by atoms with van der Waals surface area (Å²) in [6, 6.07) is 1.55. The van der Waals surface area contributed by atoms with Gasteiger partial charge in [0.05, 0.1) is 12.2 Å². The first-order chi connectivity index (χ1) is 15.6. The number of nitrogens with one attached hydrogen (secondary N) is 1. The summed E-state index contributed by atoms with van der Waals surface area (Å²) in [5.74, 6) is -2.17. The highest BCUT2D eigenvalue weighted by molar-refractivity contribution is 6.03. The number of halogens is 3. The van der Waals surface area contributed by atoms with Gasteiger partial charge in [-0.2, -0.15) is 5.10 Å². The molecular formula is C22H24F3N7O. The van der Waals surface area contributed by atoms with E-state index in [1.54, 1.807) is 0 Å². The highest BCUT2D eigenvalue weighted by Gasteiger charge is 2.35. The lowest BCUT2D eigenvalue weighted by molar-refractivity contribution is -0.118. The van der Waals surface area contributed by atoms with Gasteiger partial charge in [-0.3, -0.25) is 4.79 Å². The van der Waals surface area contributed by atoms with Crippen LogP contribution in [0, 0.1) is 30.3 Å². The van der Waals surface area contributed by atoms with E-state index in [1.807, 2.05) is 32.7 Å². The Morgan fingerprint density at radius 3 is 2.42 bits per heavy atom. The van der Waals surface area contributed by atoms with Crippen molar-refractivity contribution in [2.75, 3.05) is 17.3 Å². The minimum Gasteiger partial charge on any atom is -0.346 e. The molecule has 174 valence electrons. The summed E-state index contributed by atoms with van der Waals surface area (Å²) in [6.45, 7) is 5.84. The molecule has 1 N–H and O–H groups in total. The van der Waals surface area contributed by atoms with Crippen molar-refractivity contribution in [2.24, 2.45) is 5.92 Å². The number of nitrogens with zero attached hydrogens (tertiary/aromatic N) is 6. The van der Waals surface area contributed by atoms with E-state index < -0.39 is 17.5 Å². The van der Waals surface area contributed by atoms with Gasteiger partial charge in [0.15, 0.2) is 29.1 Å². The lowest BCUT2D eigenvalue weighted by Gasteiger charge is -2.36. The summed E-state index contributed by atoms with van der Waals surface area (Å²) >= 11 is 0. The molecule has 1 amide bonds. The van der Waals surface area contributed by atoms with Crippen LogP contribution in [0.3, 0.4) is 0 Å². The Labute approximate surface area is 188 Å². The number of likely N-dealkylation sites (N-methyl/N-ethyl adjacent to an activating group) is 1. The van der Waals surface area contributed by atoms with E-state index >= 15 is 0 Å². The molecule has 3 aromatic rings. The molecule has 0 saturated heterocycles. The molecule has 2 aromatic heterocycles. The molecule has 0 spiro atoms. The van der Waals surface area contributed by atoms with Gasteiger partial charge in [-0.1, -0.05) is 13.8 Å². The molecule has 0 aliphatic carbocycles. The van der Waals surface area contributed by atoms with Crippen LogP contribution in [0.1, 0.15) is 36.8 Å². The van der Waals surface area contributed by atoms with Crippen molar-refractivity contribution in [1.29, 1.82) is 0 Å². The van der Waals surface area contributed by atoms with E-state index in [1.165, 1.54) is 11.0 Å². The van der Waals surface area contributed by atoms with Crippen molar-refractivity contribution >= 4 is 17.4 Å². The first kappa shape index (κ1) is 22.7. The predicted molar refractivity (Wildman–Crippen MR) is 115 cm³/mol. The quantitative estimate of drug-likeness (QED) is 0.570. The minimum absolute atomic E-state index is 0.0522. The van der Waals surface area contributed by atoms with Crippen LogP contribution in [0.4, 0.5) is 24.7 Å². The molecule has 33 heavy (non-hydrogen) atoms. The zero-order valence-electron chi connectivity index (χ0n) is 18.7. The number of aromatic nitrogens is 5. The fraction of sp³-hybridized carbons (Fsp3) is 0.409. The van der Waals surface area contributed by atoms with Crippen molar-refractivity contribution in [3.63, 3.8) is 0 Å². The number of rotatable bonds is 6. The maximum absolute atomic E-state index is 13.4. The lowest BCUT2D eigenvalue weighted by atomic mass is 9.99. The molecule has 0 bridgehead atoms. The normalized spacial score (nSPS) is 15.7. The zero-order valence-corrected chi connectivity index (χ0v) is 18.7. The molecule has 1 aliphatic heterocycles. The summed E-state index contributed by atoms with van der Waals surface area (Å²) in [4.78, 5) is 27.7. The number of hydrogen-bond donors (Lipinski definition) is 1. The van der Waals surface area contributed by atoms with Gasteiger partial charge in [-0.05, 0) is 30.5 Å². The van der Waals surface area contributed by atoms with Crippen LogP contribution in [-0.2, 0) is 24.2 Å². The van der Waals surface area contributed by atoms with Gasteiger partial charge < -0.3 is 10.2 Å². The number of benzene rings is 1. The van der Waals surface area contributed by atoms with Crippen molar-refractivity contribution in [3.8, 4) is 0 Å². The molecule has 0 fully saturated rings. The number of carbonyl (C=O) groups excluding carboxylic acids is 1. The second-order valence-corrected chi connectivity index (χ2v) is 8.44. The molecule has 8 nitrogen and oxygen atoms in total. The smallest absolute Gasteiger partial charge is 0.247 e. The van der Waals surface area contributed by atoms with Crippen LogP contribution < -0.4 is 10.2 Å². The topological polar surface area (TPSA) is 88.8 Å². The average molecular weight is 459 g/mol. The summed E-state index contributed by atoms with van der Waals surface area (Å²) in [5.41, 5.74) is 1.53. The Morgan fingerprint density at radius 2 is 1.76 bits per heavy atom. The van der Waals surface area contributed by atoms with Crippen LogP contribution >= 0.6 is 0 Å². The minimum atomic E-state index is -1.50. The van der Waals surface area contributed by atoms with Crippen LogP contribution in [-0.4, -0.2) is 43.7 Å². The Hall–Kier alpha value is -3.50. The van der Waals surface area contributed by atoms with Gasteiger partial charge in [0.1, 0.15) is 23.9 Å². The summed E-state index contributed by atoms with van der Waals surface area (Å²) < 4.78 is 41.4. The SMILES string of the molecule is Cc1nc(CCc2ncn(Cc3cc(F)c(F)c(F)c3)n2)nc2c1NC(=O)[C@H](C(C)C)N2C. The maximum atomic E-state index is 13.4. The Balaban J connectivity index is 1.47. The van der Waals surface area contributed by atoms with Gasteiger partial charge >= 0.3 is 0 Å². The van der Waals surface area contributed by atoms with Gasteiger partial charge in [-0.15, -0.1) is 0 Å². The average Bonchev–Trinajstić information content (AvgIpc) is 3.18. The van der Waals surface area contributed by atoms with Crippen molar-refractivity contribution < 1.29 is 18.0 Å². The van der Waals surface area contributed by atoms with Crippen molar-refractivity contribution in [3.05, 3.63) is 58.8 Å². The predicted octanol–water partition coefficient (Wildman–Crippen LogP) is 3.04. The van der Waals surface area contributed by atoms with Crippen LogP contribution in [0.5, 0.6) is 0 Å². The molecule has 3 heterocycles. The van der Waals surface area contributed by atoms with E-state index in [-0.39, 0.29) is 30.0 Å². The summed E-state index contributed by atoms with van der Waals surface area (Å²) in [6.07, 6.45) is 2.36. The first-order valence-corrected chi connectivity index (χ1v) is 10.6. The van der Waals surface area contributed by atoms with Crippen LogP contribution in [0.15, 0.2) is 18.5 Å². The number of anilines is 2. The monoisotopic (exact) mass is 459 g/mol. The summed E-state index contributed by atoms with van der Waals surface area (Å²) in [5, 5.41) is 7.23. The fourth-order valence-electron chi connectivity index (χ4n) is 4.02. The second-order valence-electron chi connectivity index (χ2n) is 8.44. The fourth-order valence-corrected chi connectivity index (χ4v) is 4.02. The highest BCUT2D eigenvalue weighted by Crippen LogP contribution is 2.33. The van der Waals surface area contributed by atoms with E-state index in [0.29, 0.717) is 41.7 Å². The molecule has 0 saturated carbocycles. The van der Waals surface area contributed by atoms with Crippen LogP contribution in [0.25, 0.3) is 0 Å². The molecule has 1 atom stereocenters. The van der Waals surface area contributed by atoms with E-state index in [2.05, 4.69) is 25.4 Å². The highest BCUT2D eigenvalue weighted by atomic mass is 19.2. The Bertz CT molecular complexity index is 1190. The number of hydrogen-bond acceptors (Lipinski definition) is 6. The molecule has 0 unspecified atom stereocenters. The number of fused-ring (bicyclic) bond motifs is 1. The van der Waals surface area contributed by atoms with Gasteiger partial charge in [0.2, 0.25) is 5.91 Å². The van der Waals surface area contributed by atoms with Crippen molar-refractivity contribution in [1.82, 2.24) is 24.7 Å². The molecule has 0 radical (unpaired) electrons. The number of aryl methyl sites for hydroxylation is 3. The van der Waals surface area contributed by atoms with Crippen molar-refractivity contribution in [2.45, 2.75) is 46.2 Å². The largest absolute Gasteiger partial charge is 0.346 e. The second kappa shape index (κ2) is 8.80. The Kier molecular flexibility index (Phi) is 6.05. The Morgan fingerprint density at radius 1 is 1.09 bits per heavy atom. The third-order valence-electron chi connectivity index (χ3n) is 5.56. The van der Waals surface area contributed by atoms with Gasteiger partial charge in [0, 0.05) is 19.9 Å². The first-order valence-electron chi connectivity index (χ1n) is 10.6. The molecule has 4 rings (SSSR count). The zero-order chi connectivity index (χ0) is 23.9. The number of amides is 1. The third kappa shape index (κ3) is 4.53. The van der Waals surface area contributed by atoms with E-state index in [0.717, 1.165) is 12.1 Å². The van der Waals surface area contributed by atoms with E-state index in [4.69, 9.17) is 0 Å². The molecule has 1 aromatic carbocycles. The number of carbonyl (C=O) groups is 1. The third-order valence-corrected chi connectivity index (χ3v) is 5.56. The molecular weight excluding hydrogens is 435 g/mol. The lowest BCUT2D eigenvalue weighted by Crippen LogP contribution is -2.49. The van der Waals surface area contributed by atoms with Gasteiger partial charge in [0.25, 0.3) is 0 Å². The summed E-state index contributed by atoms with van der Waals surface area (Å²) in [7, 11) is 1.85. The van der Waals surface area contributed by atoms with Crippen LogP contribution in [0.2, 0.25) is 0 Å². The standard InChI is InChI=1S/C22H24F3N7O/c1-11(2)20-22(33)29-19-12(3)27-17(28-21(19)31(20)4)6-5-16-26-10-32(30-16)9-13-7-14(23)18(25)15(24)8-13/h7-8,10-11,20H,5-6,9H2,1-4H3,(H,29,33)/t20-/m0/s1. The molecule has 11 heteroatoms.